The predicted octanol–water partition coefficient (Wildman–Crippen LogP) is 6.54. The van der Waals surface area contributed by atoms with Gasteiger partial charge in [-0.3, -0.25) is 9.59 Å². The molecule has 4 aromatic rings. The van der Waals surface area contributed by atoms with E-state index in [0.29, 0.717) is 16.5 Å². The van der Waals surface area contributed by atoms with Gasteiger partial charge in [-0.25, -0.2) is 0 Å². The number of amides is 1. The zero-order valence-corrected chi connectivity index (χ0v) is 18.2. The molecule has 0 aliphatic heterocycles. The lowest BCUT2D eigenvalue weighted by Gasteiger charge is -2.10. The smallest absolute Gasteiger partial charge is 0.255 e. The SMILES string of the molecule is COc1c(Cl)cc(C(=O)Nc2c(C(=O)c3ccc(C)cc3)oc3ccccc23)cc1Cl. The number of nitrogens with one attached hydrogen (secondary N) is 1. The number of carbonyl (C=O) groups excluding carboxylic acids is 2. The normalized spacial score (nSPS) is 10.8. The average molecular weight is 454 g/mol. The molecule has 31 heavy (non-hydrogen) atoms. The van der Waals surface area contributed by atoms with Crippen molar-refractivity contribution < 1.29 is 18.7 Å². The van der Waals surface area contributed by atoms with Crippen LogP contribution in [0.4, 0.5) is 5.69 Å². The molecule has 0 saturated carbocycles. The van der Waals surface area contributed by atoms with E-state index >= 15 is 0 Å². The third-order valence-electron chi connectivity index (χ3n) is 4.82. The van der Waals surface area contributed by atoms with Crippen LogP contribution >= 0.6 is 23.2 Å². The van der Waals surface area contributed by atoms with Crippen LogP contribution in [-0.4, -0.2) is 18.8 Å². The molecule has 3 aromatic carbocycles. The van der Waals surface area contributed by atoms with Gasteiger partial charge in [0, 0.05) is 16.5 Å². The van der Waals surface area contributed by atoms with Crippen LogP contribution in [0.3, 0.4) is 0 Å². The molecule has 0 spiro atoms. The zero-order chi connectivity index (χ0) is 22.1. The number of methoxy groups -OCH3 is 1. The monoisotopic (exact) mass is 453 g/mol. The van der Waals surface area contributed by atoms with Crippen molar-refractivity contribution >= 4 is 51.5 Å². The second kappa shape index (κ2) is 8.46. The molecule has 1 amide bonds. The summed E-state index contributed by atoms with van der Waals surface area (Å²) in [7, 11) is 1.44. The first-order chi connectivity index (χ1) is 14.9. The molecule has 0 radical (unpaired) electrons. The molecule has 0 atom stereocenters. The molecule has 1 N–H and O–H groups in total. The minimum atomic E-state index is -0.490. The van der Waals surface area contributed by atoms with Crippen LogP contribution in [0.25, 0.3) is 11.0 Å². The summed E-state index contributed by atoms with van der Waals surface area (Å²) in [6, 6.07) is 17.1. The summed E-state index contributed by atoms with van der Waals surface area (Å²) >= 11 is 12.3. The number of ketones is 1. The molecule has 0 unspecified atom stereocenters. The van der Waals surface area contributed by atoms with Gasteiger partial charge in [-0.1, -0.05) is 65.2 Å². The maximum atomic E-state index is 13.2. The number of rotatable bonds is 5. The van der Waals surface area contributed by atoms with E-state index in [0.717, 1.165) is 5.56 Å². The highest BCUT2D eigenvalue weighted by molar-refractivity contribution is 6.38. The fourth-order valence-corrected chi connectivity index (χ4v) is 3.88. The molecule has 0 saturated heterocycles. The van der Waals surface area contributed by atoms with Crippen molar-refractivity contribution in [3.05, 3.63) is 93.2 Å². The molecule has 0 fully saturated rings. The minimum absolute atomic E-state index is 0.0455. The molecule has 1 aromatic heterocycles. The molecular formula is C24H17Cl2NO4. The van der Waals surface area contributed by atoms with Crippen LogP contribution in [0.2, 0.25) is 10.0 Å². The Kier molecular flexibility index (Phi) is 5.72. The number of hydrogen-bond donors (Lipinski definition) is 1. The van der Waals surface area contributed by atoms with Crippen molar-refractivity contribution in [2.45, 2.75) is 6.92 Å². The van der Waals surface area contributed by atoms with Crippen molar-refractivity contribution in [2.24, 2.45) is 0 Å². The summed E-state index contributed by atoms with van der Waals surface area (Å²) in [6.45, 7) is 1.94. The predicted molar refractivity (Wildman–Crippen MR) is 122 cm³/mol. The minimum Gasteiger partial charge on any atom is -0.494 e. The Morgan fingerprint density at radius 2 is 1.58 bits per heavy atom. The molecule has 4 rings (SSSR count). The number of carbonyl (C=O) groups is 2. The summed E-state index contributed by atoms with van der Waals surface area (Å²) in [5.74, 6) is -0.499. The van der Waals surface area contributed by atoms with Crippen LogP contribution in [-0.2, 0) is 0 Å². The molecule has 0 aliphatic carbocycles. The van der Waals surface area contributed by atoms with Gasteiger partial charge in [0.05, 0.1) is 22.8 Å². The Hall–Kier alpha value is -3.28. The van der Waals surface area contributed by atoms with Crippen LogP contribution in [0.1, 0.15) is 32.0 Å². The number of aryl methyl sites for hydroxylation is 1. The van der Waals surface area contributed by atoms with Crippen LogP contribution in [0.15, 0.2) is 65.1 Å². The van der Waals surface area contributed by atoms with Gasteiger partial charge in [-0.2, -0.15) is 0 Å². The lowest BCUT2D eigenvalue weighted by molar-refractivity contribution is 0.101. The van der Waals surface area contributed by atoms with Gasteiger partial charge < -0.3 is 14.5 Å². The Morgan fingerprint density at radius 1 is 0.935 bits per heavy atom. The van der Waals surface area contributed by atoms with Gasteiger partial charge in [0.2, 0.25) is 5.78 Å². The number of halogens is 2. The fraction of sp³-hybridized carbons (Fsp3) is 0.0833. The highest BCUT2D eigenvalue weighted by Crippen LogP contribution is 2.36. The van der Waals surface area contributed by atoms with E-state index in [9.17, 15) is 9.59 Å². The van der Waals surface area contributed by atoms with Crippen LogP contribution < -0.4 is 10.1 Å². The second-order valence-corrected chi connectivity index (χ2v) is 7.74. The van der Waals surface area contributed by atoms with Gasteiger partial charge in [0.15, 0.2) is 11.5 Å². The van der Waals surface area contributed by atoms with E-state index in [1.807, 2.05) is 19.1 Å². The van der Waals surface area contributed by atoms with Gasteiger partial charge in [0.25, 0.3) is 5.91 Å². The molecular weight excluding hydrogens is 437 g/mol. The largest absolute Gasteiger partial charge is 0.494 e. The quantitative estimate of drug-likeness (QED) is 0.348. The summed E-state index contributed by atoms with van der Waals surface area (Å²) in [6.07, 6.45) is 0. The Morgan fingerprint density at radius 3 is 2.23 bits per heavy atom. The number of ether oxygens (including phenoxy) is 1. The van der Waals surface area contributed by atoms with E-state index in [4.69, 9.17) is 32.4 Å². The first-order valence-electron chi connectivity index (χ1n) is 9.36. The Labute approximate surface area is 188 Å². The third-order valence-corrected chi connectivity index (χ3v) is 5.38. The molecule has 156 valence electrons. The maximum absolute atomic E-state index is 13.2. The molecule has 0 bridgehead atoms. The summed E-state index contributed by atoms with van der Waals surface area (Å²) in [4.78, 5) is 26.1. The highest BCUT2D eigenvalue weighted by atomic mass is 35.5. The highest BCUT2D eigenvalue weighted by Gasteiger charge is 2.24. The van der Waals surface area contributed by atoms with E-state index in [-0.39, 0.29) is 38.6 Å². The molecule has 0 aliphatic rings. The van der Waals surface area contributed by atoms with Gasteiger partial charge in [0.1, 0.15) is 5.58 Å². The van der Waals surface area contributed by atoms with E-state index in [1.165, 1.54) is 19.2 Å². The first-order valence-corrected chi connectivity index (χ1v) is 10.1. The number of benzene rings is 3. The van der Waals surface area contributed by atoms with Gasteiger partial charge >= 0.3 is 0 Å². The molecule has 1 heterocycles. The second-order valence-electron chi connectivity index (χ2n) is 6.92. The molecule has 7 heteroatoms. The van der Waals surface area contributed by atoms with Gasteiger partial charge in [-0.05, 0) is 31.2 Å². The number of fused-ring (bicyclic) bond motifs is 1. The first kappa shape index (κ1) is 21.0. The fourth-order valence-electron chi connectivity index (χ4n) is 3.24. The van der Waals surface area contributed by atoms with E-state index in [1.54, 1.807) is 36.4 Å². The topological polar surface area (TPSA) is 68.5 Å². The zero-order valence-electron chi connectivity index (χ0n) is 16.7. The van der Waals surface area contributed by atoms with Crippen LogP contribution in [0, 0.1) is 6.92 Å². The average Bonchev–Trinajstić information content (AvgIpc) is 3.12. The lowest BCUT2D eigenvalue weighted by atomic mass is 10.1. The molecule has 5 nitrogen and oxygen atoms in total. The van der Waals surface area contributed by atoms with Crippen molar-refractivity contribution in [3.8, 4) is 5.75 Å². The summed E-state index contributed by atoms with van der Waals surface area (Å²) < 4.78 is 11.0. The van der Waals surface area contributed by atoms with Crippen molar-refractivity contribution in [3.63, 3.8) is 0 Å². The Bertz CT molecular complexity index is 1290. The third kappa shape index (κ3) is 4.02. The number of hydrogen-bond acceptors (Lipinski definition) is 4. The van der Waals surface area contributed by atoms with Crippen molar-refractivity contribution in [1.82, 2.24) is 0 Å². The van der Waals surface area contributed by atoms with Crippen molar-refractivity contribution in [1.29, 1.82) is 0 Å². The number of para-hydroxylation sites is 1. The lowest BCUT2D eigenvalue weighted by Crippen LogP contribution is -2.14. The maximum Gasteiger partial charge on any atom is 0.255 e. The van der Waals surface area contributed by atoms with E-state index in [2.05, 4.69) is 5.32 Å². The number of furan rings is 1. The van der Waals surface area contributed by atoms with Crippen molar-refractivity contribution in [2.75, 3.05) is 12.4 Å². The van der Waals surface area contributed by atoms with E-state index < -0.39 is 5.91 Å². The summed E-state index contributed by atoms with van der Waals surface area (Å²) in [5.41, 5.74) is 2.47. The summed E-state index contributed by atoms with van der Waals surface area (Å²) in [5, 5.41) is 3.80. The van der Waals surface area contributed by atoms with Crippen LogP contribution in [0.5, 0.6) is 5.75 Å². The standard InChI is InChI=1S/C24H17Cl2NO4/c1-13-7-9-14(10-8-13)21(28)23-20(16-5-3-4-6-19(16)31-23)27-24(29)15-11-17(25)22(30-2)18(26)12-15/h3-12H,1-2H3,(H,27,29). The van der Waals surface area contributed by atoms with Gasteiger partial charge in [-0.15, -0.1) is 0 Å². The number of anilines is 1. The Balaban J connectivity index is 1.76.